The van der Waals surface area contributed by atoms with Gasteiger partial charge in [-0.1, -0.05) is 0 Å². The molecule has 6 nitrogen and oxygen atoms in total. The average molecular weight is 226 g/mol. The number of carbonyl (C=O) groups is 2. The first kappa shape index (κ1) is 11.8. The molecule has 16 heavy (non-hydrogen) atoms. The molecule has 1 rings (SSSR count). The van der Waals surface area contributed by atoms with Crippen molar-refractivity contribution in [2.75, 3.05) is 14.2 Å². The molecule has 0 aromatic heterocycles. The van der Waals surface area contributed by atoms with Gasteiger partial charge in [0.05, 0.1) is 19.8 Å². The third kappa shape index (κ3) is 1.77. The van der Waals surface area contributed by atoms with Crippen LogP contribution in [-0.2, 0) is 4.74 Å². The molecule has 0 aliphatic rings. The molecule has 2 N–H and O–H groups in total. The summed E-state index contributed by atoms with van der Waals surface area (Å²) in [5.41, 5.74) is -0.422. The number of benzene rings is 1. The summed E-state index contributed by atoms with van der Waals surface area (Å²) in [5, 5.41) is 19.1. The van der Waals surface area contributed by atoms with E-state index in [0.717, 1.165) is 13.2 Å². The summed E-state index contributed by atoms with van der Waals surface area (Å²) in [6, 6.07) is 1.02. The molecule has 0 aliphatic carbocycles. The number of phenolic OH excluding ortho intramolecular Hbond substituents is 2. The number of esters is 1. The largest absolute Gasteiger partial charge is 0.504 e. The van der Waals surface area contributed by atoms with Crippen molar-refractivity contribution in [3.8, 4) is 17.2 Å². The molecule has 1 aromatic carbocycles. The summed E-state index contributed by atoms with van der Waals surface area (Å²) >= 11 is 0. The number of phenols is 2. The van der Waals surface area contributed by atoms with Gasteiger partial charge < -0.3 is 19.7 Å². The van der Waals surface area contributed by atoms with Crippen molar-refractivity contribution in [1.82, 2.24) is 0 Å². The molecule has 86 valence electrons. The summed E-state index contributed by atoms with van der Waals surface area (Å²) in [7, 11) is 2.31. The van der Waals surface area contributed by atoms with Crippen LogP contribution in [0.15, 0.2) is 6.07 Å². The Balaban J connectivity index is 3.52. The lowest BCUT2D eigenvalue weighted by Crippen LogP contribution is -2.04. The molecule has 0 saturated heterocycles. The highest BCUT2D eigenvalue weighted by Crippen LogP contribution is 2.40. The third-order valence-corrected chi connectivity index (χ3v) is 1.99. The van der Waals surface area contributed by atoms with E-state index in [9.17, 15) is 19.8 Å². The zero-order valence-corrected chi connectivity index (χ0v) is 8.68. The van der Waals surface area contributed by atoms with Crippen LogP contribution in [-0.4, -0.2) is 36.7 Å². The van der Waals surface area contributed by atoms with Crippen LogP contribution in [0.5, 0.6) is 17.2 Å². The zero-order chi connectivity index (χ0) is 12.3. The van der Waals surface area contributed by atoms with Gasteiger partial charge in [-0.15, -0.1) is 0 Å². The normalized spacial score (nSPS) is 9.62. The van der Waals surface area contributed by atoms with Crippen molar-refractivity contribution in [3.63, 3.8) is 0 Å². The topological polar surface area (TPSA) is 93.1 Å². The second-order valence-corrected chi connectivity index (χ2v) is 2.85. The maximum absolute atomic E-state index is 11.2. The second kappa shape index (κ2) is 4.52. The first-order chi connectivity index (χ1) is 7.56. The van der Waals surface area contributed by atoms with Crippen LogP contribution in [0.25, 0.3) is 0 Å². The van der Waals surface area contributed by atoms with E-state index in [1.54, 1.807) is 0 Å². The lowest BCUT2D eigenvalue weighted by Gasteiger charge is -2.10. The lowest BCUT2D eigenvalue weighted by atomic mass is 10.1. The SMILES string of the molecule is COC(=O)c1cc(C=O)c(O)c(OC)c1O. The van der Waals surface area contributed by atoms with Crippen LogP contribution in [0.1, 0.15) is 20.7 Å². The summed E-state index contributed by atoms with van der Waals surface area (Å²) in [6.45, 7) is 0. The van der Waals surface area contributed by atoms with Crippen molar-refractivity contribution in [1.29, 1.82) is 0 Å². The predicted molar refractivity (Wildman–Crippen MR) is 53.1 cm³/mol. The maximum Gasteiger partial charge on any atom is 0.341 e. The van der Waals surface area contributed by atoms with Gasteiger partial charge in [-0.05, 0) is 6.07 Å². The number of aldehydes is 1. The molecular weight excluding hydrogens is 216 g/mol. The highest BCUT2D eigenvalue weighted by atomic mass is 16.5. The van der Waals surface area contributed by atoms with E-state index in [1.165, 1.54) is 7.11 Å². The quantitative estimate of drug-likeness (QED) is 0.582. The van der Waals surface area contributed by atoms with Crippen molar-refractivity contribution in [2.45, 2.75) is 0 Å². The first-order valence-corrected chi connectivity index (χ1v) is 4.23. The molecule has 0 unspecified atom stereocenters. The Labute approximate surface area is 91.0 Å². The van der Waals surface area contributed by atoms with E-state index in [-0.39, 0.29) is 16.9 Å². The number of aromatic hydroxyl groups is 2. The summed E-state index contributed by atoms with van der Waals surface area (Å²) in [4.78, 5) is 21.9. The molecule has 0 saturated carbocycles. The van der Waals surface area contributed by atoms with Crippen molar-refractivity contribution in [2.24, 2.45) is 0 Å². The Morgan fingerprint density at radius 3 is 2.38 bits per heavy atom. The Morgan fingerprint density at radius 1 is 1.31 bits per heavy atom. The number of methoxy groups -OCH3 is 2. The van der Waals surface area contributed by atoms with Gasteiger partial charge in [0.2, 0.25) is 5.75 Å². The third-order valence-electron chi connectivity index (χ3n) is 1.99. The Kier molecular flexibility index (Phi) is 3.34. The van der Waals surface area contributed by atoms with Gasteiger partial charge >= 0.3 is 5.97 Å². The highest BCUT2D eigenvalue weighted by Gasteiger charge is 2.22. The Hall–Kier alpha value is -2.24. The van der Waals surface area contributed by atoms with Crippen LogP contribution in [0, 0.1) is 0 Å². The molecule has 0 fully saturated rings. The first-order valence-electron chi connectivity index (χ1n) is 4.23. The molecular formula is C10H10O6. The fourth-order valence-electron chi connectivity index (χ4n) is 1.21. The minimum absolute atomic E-state index is 0.171. The second-order valence-electron chi connectivity index (χ2n) is 2.85. The van der Waals surface area contributed by atoms with Gasteiger partial charge in [0, 0.05) is 0 Å². The Bertz CT molecular complexity index is 437. The molecule has 0 bridgehead atoms. The summed E-state index contributed by atoms with van der Waals surface area (Å²) in [5.74, 6) is -2.27. The minimum atomic E-state index is -0.834. The van der Waals surface area contributed by atoms with E-state index in [4.69, 9.17) is 0 Å². The summed E-state index contributed by atoms with van der Waals surface area (Å²) < 4.78 is 9.09. The van der Waals surface area contributed by atoms with E-state index in [2.05, 4.69) is 9.47 Å². The van der Waals surface area contributed by atoms with Gasteiger partial charge in [0.25, 0.3) is 0 Å². The molecule has 0 radical (unpaired) electrons. The van der Waals surface area contributed by atoms with Gasteiger partial charge in [0.1, 0.15) is 5.56 Å². The van der Waals surface area contributed by atoms with Crippen LogP contribution < -0.4 is 4.74 Å². The van der Waals surface area contributed by atoms with Gasteiger partial charge in [-0.2, -0.15) is 0 Å². The molecule has 0 heterocycles. The van der Waals surface area contributed by atoms with E-state index in [0.29, 0.717) is 6.29 Å². The fraction of sp³-hybridized carbons (Fsp3) is 0.200. The number of hydrogen-bond acceptors (Lipinski definition) is 6. The van der Waals surface area contributed by atoms with E-state index < -0.39 is 17.5 Å². The fourth-order valence-corrected chi connectivity index (χ4v) is 1.21. The summed E-state index contributed by atoms with van der Waals surface area (Å²) in [6.07, 6.45) is 0.337. The van der Waals surface area contributed by atoms with Crippen molar-refractivity contribution in [3.05, 3.63) is 17.2 Å². The number of hydrogen-bond donors (Lipinski definition) is 2. The zero-order valence-electron chi connectivity index (χ0n) is 8.68. The molecule has 1 aromatic rings. The van der Waals surface area contributed by atoms with Gasteiger partial charge in [-0.3, -0.25) is 4.79 Å². The lowest BCUT2D eigenvalue weighted by molar-refractivity contribution is 0.0596. The number of carbonyl (C=O) groups excluding carboxylic acids is 2. The van der Waals surface area contributed by atoms with E-state index in [1.807, 2.05) is 0 Å². The Morgan fingerprint density at radius 2 is 1.94 bits per heavy atom. The predicted octanol–water partition coefficient (Wildman–Crippen LogP) is 0.705. The van der Waals surface area contributed by atoms with Crippen LogP contribution in [0.3, 0.4) is 0 Å². The molecule has 0 amide bonds. The minimum Gasteiger partial charge on any atom is -0.504 e. The number of ether oxygens (including phenoxy) is 2. The van der Waals surface area contributed by atoms with Crippen LogP contribution in [0.2, 0.25) is 0 Å². The van der Waals surface area contributed by atoms with Gasteiger partial charge in [-0.25, -0.2) is 4.79 Å². The van der Waals surface area contributed by atoms with Crippen molar-refractivity contribution >= 4 is 12.3 Å². The average Bonchev–Trinajstić information content (AvgIpc) is 2.29. The smallest absolute Gasteiger partial charge is 0.341 e. The van der Waals surface area contributed by atoms with E-state index >= 15 is 0 Å². The molecule has 0 atom stereocenters. The molecule has 0 spiro atoms. The molecule has 6 heteroatoms. The van der Waals surface area contributed by atoms with Crippen LogP contribution >= 0.6 is 0 Å². The maximum atomic E-state index is 11.2. The monoisotopic (exact) mass is 226 g/mol. The van der Waals surface area contributed by atoms with Crippen molar-refractivity contribution < 1.29 is 29.3 Å². The van der Waals surface area contributed by atoms with Crippen LogP contribution in [0.4, 0.5) is 0 Å². The number of rotatable bonds is 3. The molecule has 0 aliphatic heterocycles. The van der Waals surface area contributed by atoms with Gasteiger partial charge in [0.15, 0.2) is 17.8 Å². The standard InChI is InChI=1S/C10H10O6/c1-15-9-7(12)5(4-11)3-6(8(9)13)10(14)16-2/h3-4,12-13H,1-2H3. The highest BCUT2D eigenvalue weighted by molar-refractivity contribution is 5.97.